The van der Waals surface area contributed by atoms with E-state index in [9.17, 15) is 0 Å². The maximum atomic E-state index is 5.41. The van der Waals surface area contributed by atoms with E-state index in [0.717, 1.165) is 44.7 Å². The number of hydrogen-bond acceptors (Lipinski definition) is 4. The lowest BCUT2D eigenvalue weighted by Gasteiger charge is -2.25. The molecule has 0 saturated heterocycles. The normalized spacial score (nSPS) is 11.5. The van der Waals surface area contributed by atoms with Crippen molar-refractivity contribution in [1.82, 2.24) is 9.97 Å². The lowest BCUT2D eigenvalue weighted by atomic mass is 10.0. The summed E-state index contributed by atoms with van der Waals surface area (Å²) in [4.78, 5) is 12.8. The van der Waals surface area contributed by atoms with Crippen LogP contribution in [0.3, 0.4) is 0 Å². The molecule has 0 aliphatic rings. The fourth-order valence-electron chi connectivity index (χ4n) is 7.24. The molecule has 0 saturated carbocycles. The molecule has 10 rings (SSSR count). The first-order valence-electron chi connectivity index (χ1n) is 17.5. The number of hydrogen-bond donors (Lipinski definition) is 0. The molecule has 0 aliphatic carbocycles. The molecule has 0 radical (unpaired) electrons. The third-order valence-corrected chi connectivity index (χ3v) is 11.0. The molecule has 244 valence electrons. The Morgan fingerprint density at radius 1 is 0.365 bits per heavy atom. The Hall–Kier alpha value is -6.62. The first-order chi connectivity index (χ1) is 25.7. The van der Waals surface area contributed by atoms with E-state index in [0.29, 0.717) is 5.95 Å². The maximum Gasteiger partial charge on any atom is 0.235 e. The van der Waals surface area contributed by atoms with E-state index >= 15 is 0 Å². The van der Waals surface area contributed by atoms with Crippen LogP contribution in [-0.2, 0) is 0 Å². The van der Waals surface area contributed by atoms with Crippen molar-refractivity contribution in [3.63, 3.8) is 0 Å². The van der Waals surface area contributed by atoms with Crippen LogP contribution in [-0.4, -0.2) is 9.97 Å². The Bertz CT molecular complexity index is 2800. The Kier molecular flexibility index (Phi) is 7.33. The van der Waals surface area contributed by atoms with E-state index in [1.54, 1.807) is 0 Å². The van der Waals surface area contributed by atoms with E-state index in [4.69, 9.17) is 9.97 Å². The molecule has 0 spiro atoms. The van der Waals surface area contributed by atoms with Gasteiger partial charge in [0.05, 0.1) is 11.2 Å². The lowest BCUT2D eigenvalue weighted by molar-refractivity contribution is 1.11. The van der Waals surface area contributed by atoms with E-state index in [-0.39, 0.29) is 0 Å². The van der Waals surface area contributed by atoms with Crippen molar-refractivity contribution in [2.45, 2.75) is 0 Å². The van der Waals surface area contributed by atoms with Gasteiger partial charge in [-0.05, 0) is 81.6 Å². The molecular formula is C48H31N3S. The second kappa shape index (κ2) is 12.6. The maximum absolute atomic E-state index is 5.41. The highest BCUT2D eigenvalue weighted by Crippen LogP contribution is 2.41. The fourth-order valence-corrected chi connectivity index (χ4v) is 8.42. The van der Waals surface area contributed by atoms with Crippen LogP contribution in [0.2, 0.25) is 0 Å². The minimum Gasteiger partial charge on any atom is -0.279 e. The van der Waals surface area contributed by atoms with E-state index in [1.165, 1.54) is 42.1 Å². The van der Waals surface area contributed by atoms with Crippen LogP contribution in [0.1, 0.15) is 0 Å². The van der Waals surface area contributed by atoms with Crippen molar-refractivity contribution < 1.29 is 0 Å². The Balaban J connectivity index is 1.14. The topological polar surface area (TPSA) is 29.0 Å². The molecule has 0 atom stereocenters. The highest BCUT2D eigenvalue weighted by Gasteiger charge is 2.20. The van der Waals surface area contributed by atoms with Crippen molar-refractivity contribution >= 4 is 70.5 Å². The van der Waals surface area contributed by atoms with Crippen LogP contribution in [0, 0.1) is 0 Å². The van der Waals surface area contributed by atoms with Crippen LogP contribution < -0.4 is 4.90 Å². The molecule has 4 heteroatoms. The molecule has 2 heterocycles. The minimum absolute atomic E-state index is 0.622. The molecule has 10 aromatic rings. The second-order valence-electron chi connectivity index (χ2n) is 13.1. The van der Waals surface area contributed by atoms with Gasteiger partial charge in [0.1, 0.15) is 0 Å². The quantitative estimate of drug-likeness (QED) is 0.175. The summed E-state index contributed by atoms with van der Waals surface area (Å²) in [5.74, 6) is 0.622. The summed E-state index contributed by atoms with van der Waals surface area (Å²) in [5, 5.41) is 6.12. The van der Waals surface area contributed by atoms with Gasteiger partial charge in [0.25, 0.3) is 0 Å². The standard InChI is InChI=1S/C48H31N3S/c1-3-11-32(12-4-1)34-19-24-39(25-20-34)51(40-26-21-35(22-27-40)33-13-5-2-6-14-33)48-49-44-18-10-9-17-42(44)47(50-48)38-23-28-41-43-29-36-15-7-8-16-37(36)30-46(43)52-45(41)31-38/h1-31H. The van der Waals surface area contributed by atoms with Crippen LogP contribution >= 0.6 is 11.3 Å². The van der Waals surface area contributed by atoms with E-state index < -0.39 is 0 Å². The third-order valence-electron chi connectivity index (χ3n) is 9.87. The van der Waals surface area contributed by atoms with Gasteiger partial charge in [-0.3, -0.25) is 4.90 Å². The summed E-state index contributed by atoms with van der Waals surface area (Å²) in [6.07, 6.45) is 0. The first-order valence-corrected chi connectivity index (χ1v) is 18.3. The van der Waals surface area contributed by atoms with Crippen LogP contribution in [0.5, 0.6) is 0 Å². The fraction of sp³-hybridized carbons (Fsp3) is 0. The number of nitrogens with zero attached hydrogens (tertiary/aromatic N) is 3. The summed E-state index contributed by atoms with van der Waals surface area (Å²) in [6.45, 7) is 0. The van der Waals surface area contributed by atoms with Gasteiger partial charge in [-0.15, -0.1) is 11.3 Å². The number of rotatable bonds is 6. The summed E-state index contributed by atoms with van der Waals surface area (Å²) >= 11 is 1.84. The average molecular weight is 682 g/mol. The molecule has 0 amide bonds. The number of thiophene rings is 1. The van der Waals surface area contributed by atoms with Gasteiger partial charge in [0.2, 0.25) is 5.95 Å². The summed E-state index contributed by atoms with van der Waals surface area (Å²) < 4.78 is 2.54. The molecule has 0 aliphatic heterocycles. The molecule has 0 fully saturated rings. The van der Waals surface area contributed by atoms with Gasteiger partial charge in [0, 0.05) is 42.5 Å². The molecule has 0 N–H and O–H groups in total. The number of fused-ring (bicyclic) bond motifs is 5. The number of para-hydroxylation sites is 1. The van der Waals surface area contributed by atoms with Crippen molar-refractivity contribution in [3.8, 4) is 33.5 Å². The zero-order valence-corrected chi connectivity index (χ0v) is 29.0. The smallest absolute Gasteiger partial charge is 0.235 e. The zero-order chi connectivity index (χ0) is 34.4. The SMILES string of the molecule is c1ccc(-c2ccc(N(c3ccc(-c4ccccc4)cc3)c3nc(-c4ccc5c(c4)sc4cc6ccccc6cc45)c4ccccc4n3)cc2)cc1. The molecule has 2 aromatic heterocycles. The van der Waals surface area contributed by atoms with E-state index in [1.807, 2.05) is 23.5 Å². The first kappa shape index (κ1) is 30.2. The average Bonchev–Trinajstić information content (AvgIpc) is 3.57. The second-order valence-corrected chi connectivity index (χ2v) is 14.1. The van der Waals surface area contributed by atoms with Crippen molar-refractivity contribution in [1.29, 1.82) is 0 Å². The van der Waals surface area contributed by atoms with E-state index in [2.05, 4.69) is 181 Å². The number of benzene rings is 8. The van der Waals surface area contributed by atoms with Gasteiger partial charge < -0.3 is 0 Å². The molecule has 0 unspecified atom stereocenters. The minimum atomic E-state index is 0.622. The van der Waals surface area contributed by atoms with Gasteiger partial charge >= 0.3 is 0 Å². The highest BCUT2D eigenvalue weighted by atomic mass is 32.1. The van der Waals surface area contributed by atoms with Crippen molar-refractivity contribution in [2.24, 2.45) is 0 Å². The third kappa shape index (κ3) is 5.38. The Morgan fingerprint density at radius 3 is 1.54 bits per heavy atom. The molecule has 0 bridgehead atoms. The predicted octanol–water partition coefficient (Wildman–Crippen LogP) is 13.6. The molecule has 52 heavy (non-hydrogen) atoms. The van der Waals surface area contributed by atoms with Crippen molar-refractivity contribution in [3.05, 3.63) is 188 Å². The Morgan fingerprint density at radius 2 is 0.885 bits per heavy atom. The van der Waals surface area contributed by atoms with Gasteiger partial charge in [-0.1, -0.05) is 140 Å². The molecule has 8 aromatic carbocycles. The zero-order valence-electron chi connectivity index (χ0n) is 28.1. The van der Waals surface area contributed by atoms with Crippen LogP contribution in [0.4, 0.5) is 17.3 Å². The molecular weight excluding hydrogens is 651 g/mol. The lowest BCUT2D eigenvalue weighted by Crippen LogP contribution is -2.14. The van der Waals surface area contributed by atoms with Gasteiger partial charge in [-0.25, -0.2) is 9.97 Å². The summed E-state index contributed by atoms with van der Waals surface area (Å²) in [6, 6.07) is 66.7. The summed E-state index contributed by atoms with van der Waals surface area (Å²) in [5.41, 5.74) is 9.54. The van der Waals surface area contributed by atoms with Gasteiger partial charge in [-0.2, -0.15) is 0 Å². The van der Waals surface area contributed by atoms with Crippen LogP contribution in [0.15, 0.2) is 188 Å². The van der Waals surface area contributed by atoms with Crippen molar-refractivity contribution in [2.75, 3.05) is 4.90 Å². The number of anilines is 3. The van der Waals surface area contributed by atoms with Crippen LogP contribution in [0.25, 0.3) is 75.4 Å². The molecule has 3 nitrogen and oxygen atoms in total. The highest BCUT2D eigenvalue weighted by molar-refractivity contribution is 7.25. The van der Waals surface area contributed by atoms with Gasteiger partial charge in [0.15, 0.2) is 0 Å². The largest absolute Gasteiger partial charge is 0.279 e. The monoisotopic (exact) mass is 681 g/mol. The predicted molar refractivity (Wildman–Crippen MR) is 221 cm³/mol. The number of aromatic nitrogens is 2. The summed E-state index contributed by atoms with van der Waals surface area (Å²) in [7, 11) is 0. The Labute approximate surface area is 305 Å².